The Hall–Kier alpha value is -1.24. The van der Waals surface area contributed by atoms with E-state index in [0.717, 1.165) is 51.2 Å². The van der Waals surface area contributed by atoms with Crippen molar-refractivity contribution >= 4 is 12.3 Å². The molecule has 32 heavy (non-hydrogen) atoms. The molecule has 4 rings (SSSR count). The second-order valence-corrected chi connectivity index (χ2v) is 10.8. The molecule has 8 atom stereocenters. The van der Waals surface area contributed by atoms with E-state index >= 15 is 0 Å². The van der Waals surface area contributed by atoms with Gasteiger partial charge in [0.2, 0.25) is 0 Å². The SMILES string of the molecule is CCC(=O)OC1COC2C3C(CC[C@]12C)[C@@]1(C)CC[C@H](OCCCCC=O)CC1=C[C@@H]3O. The van der Waals surface area contributed by atoms with Crippen LogP contribution >= 0.6 is 0 Å². The minimum atomic E-state index is -0.542. The Morgan fingerprint density at radius 1 is 1.28 bits per heavy atom. The van der Waals surface area contributed by atoms with Crippen LogP contribution in [-0.4, -0.2) is 55.0 Å². The topological polar surface area (TPSA) is 82.1 Å². The zero-order valence-corrected chi connectivity index (χ0v) is 19.9. The molecule has 1 aliphatic heterocycles. The fourth-order valence-corrected chi connectivity index (χ4v) is 6.97. The van der Waals surface area contributed by atoms with Crippen molar-refractivity contribution in [3.05, 3.63) is 11.6 Å². The summed E-state index contributed by atoms with van der Waals surface area (Å²) in [6.45, 7) is 7.49. The third-order valence-corrected chi connectivity index (χ3v) is 9.00. The second-order valence-electron chi connectivity index (χ2n) is 10.8. The minimum Gasteiger partial charge on any atom is -0.459 e. The molecule has 6 heteroatoms. The molecule has 1 N–H and O–H groups in total. The highest BCUT2D eigenvalue weighted by Crippen LogP contribution is 2.62. The van der Waals surface area contributed by atoms with E-state index in [1.54, 1.807) is 0 Å². The molecule has 0 aromatic carbocycles. The molecular weight excluding hydrogens is 408 g/mol. The largest absolute Gasteiger partial charge is 0.459 e. The Balaban J connectivity index is 1.46. The highest BCUT2D eigenvalue weighted by molar-refractivity contribution is 5.69. The standard InChI is InChI=1S/C26H40O6/c1-4-22(29)32-21-16-31-24-23-19(9-11-26(21,24)3)25(2)10-8-18(14-17(25)15-20(23)28)30-13-7-5-6-12-27/h12,15,18-21,23-24,28H,4-11,13-14,16H2,1-3H3/t18-,19?,20-,21?,23?,24?,25-,26+/m0/s1. The van der Waals surface area contributed by atoms with Gasteiger partial charge >= 0.3 is 5.97 Å². The van der Waals surface area contributed by atoms with Gasteiger partial charge in [-0.25, -0.2) is 0 Å². The third-order valence-electron chi connectivity index (χ3n) is 9.00. The summed E-state index contributed by atoms with van der Waals surface area (Å²) in [4.78, 5) is 22.4. The molecule has 0 aromatic rings. The zero-order chi connectivity index (χ0) is 22.9. The number of hydrogen-bond acceptors (Lipinski definition) is 6. The Morgan fingerprint density at radius 3 is 2.84 bits per heavy atom. The van der Waals surface area contributed by atoms with Gasteiger partial charge in [0.05, 0.1) is 24.9 Å². The number of carbonyl (C=O) groups is 2. The summed E-state index contributed by atoms with van der Waals surface area (Å²) in [5, 5.41) is 11.3. The lowest BCUT2D eigenvalue weighted by Gasteiger charge is -2.58. The van der Waals surface area contributed by atoms with Gasteiger partial charge in [-0.15, -0.1) is 0 Å². The van der Waals surface area contributed by atoms with E-state index < -0.39 is 6.10 Å². The molecule has 1 saturated heterocycles. The first kappa shape index (κ1) is 23.9. The van der Waals surface area contributed by atoms with Crippen LogP contribution < -0.4 is 0 Å². The minimum absolute atomic E-state index is 0.0358. The van der Waals surface area contributed by atoms with E-state index in [1.165, 1.54) is 5.57 Å². The average molecular weight is 449 g/mol. The van der Waals surface area contributed by atoms with Crippen LogP contribution in [0.5, 0.6) is 0 Å². The first-order valence-electron chi connectivity index (χ1n) is 12.6. The van der Waals surface area contributed by atoms with Crippen LogP contribution in [0.25, 0.3) is 0 Å². The van der Waals surface area contributed by atoms with Crippen molar-refractivity contribution in [1.82, 2.24) is 0 Å². The van der Waals surface area contributed by atoms with Gasteiger partial charge in [-0.1, -0.05) is 32.4 Å². The number of unbranched alkanes of at least 4 members (excludes halogenated alkanes) is 2. The fourth-order valence-electron chi connectivity index (χ4n) is 6.97. The molecule has 0 bridgehead atoms. The number of ether oxygens (including phenoxy) is 3. The summed E-state index contributed by atoms with van der Waals surface area (Å²) in [5.41, 5.74) is 1.16. The Morgan fingerprint density at radius 2 is 2.09 bits per heavy atom. The van der Waals surface area contributed by atoms with E-state index in [9.17, 15) is 14.7 Å². The van der Waals surface area contributed by atoms with Crippen molar-refractivity contribution in [2.45, 2.75) is 103 Å². The molecule has 0 aromatic heterocycles. The predicted octanol–water partition coefficient (Wildman–Crippen LogP) is 3.99. The smallest absolute Gasteiger partial charge is 0.305 e. The fraction of sp³-hybridized carbons (Fsp3) is 0.846. The molecule has 0 spiro atoms. The first-order chi connectivity index (χ1) is 15.3. The molecule has 3 aliphatic carbocycles. The van der Waals surface area contributed by atoms with Crippen molar-refractivity contribution in [3.8, 4) is 0 Å². The molecular formula is C26H40O6. The highest BCUT2D eigenvalue weighted by atomic mass is 16.6. The Bertz CT molecular complexity index is 734. The number of rotatable bonds is 8. The van der Waals surface area contributed by atoms with Crippen molar-refractivity contribution in [2.75, 3.05) is 13.2 Å². The summed E-state index contributed by atoms with van der Waals surface area (Å²) >= 11 is 0. The van der Waals surface area contributed by atoms with Crippen LogP contribution in [0, 0.1) is 22.7 Å². The molecule has 4 aliphatic rings. The highest BCUT2D eigenvalue weighted by Gasteiger charge is 2.62. The summed E-state index contributed by atoms with van der Waals surface area (Å²) in [7, 11) is 0. The van der Waals surface area contributed by atoms with Gasteiger partial charge in [0.1, 0.15) is 12.4 Å². The molecule has 180 valence electrons. The maximum Gasteiger partial charge on any atom is 0.305 e. The van der Waals surface area contributed by atoms with Gasteiger partial charge < -0.3 is 24.1 Å². The molecule has 4 unspecified atom stereocenters. The lowest BCUT2D eigenvalue weighted by atomic mass is 9.49. The summed E-state index contributed by atoms with van der Waals surface area (Å²) in [6.07, 6.45) is 10.1. The number of carbonyl (C=O) groups excluding carboxylic acids is 2. The van der Waals surface area contributed by atoms with E-state index in [0.29, 0.717) is 32.0 Å². The van der Waals surface area contributed by atoms with Crippen LogP contribution in [0.2, 0.25) is 0 Å². The quantitative estimate of drug-likeness (QED) is 0.262. The lowest BCUT2D eigenvalue weighted by Crippen LogP contribution is -2.58. The molecule has 0 radical (unpaired) electrons. The van der Waals surface area contributed by atoms with Gasteiger partial charge in [0, 0.05) is 30.8 Å². The molecule has 3 fully saturated rings. The number of hydrogen-bond donors (Lipinski definition) is 1. The van der Waals surface area contributed by atoms with Gasteiger partial charge in [-0.05, 0) is 56.3 Å². The maximum atomic E-state index is 12.0. The van der Waals surface area contributed by atoms with Gasteiger partial charge in [-0.3, -0.25) is 4.79 Å². The number of aldehydes is 1. The lowest BCUT2D eigenvalue weighted by molar-refractivity contribution is -0.159. The first-order valence-corrected chi connectivity index (χ1v) is 12.6. The number of aliphatic hydroxyl groups is 1. The Kier molecular flexibility index (Phi) is 7.14. The van der Waals surface area contributed by atoms with Crippen LogP contribution in [0.1, 0.15) is 78.6 Å². The summed E-state index contributed by atoms with van der Waals surface area (Å²) in [5.74, 6) is 0.226. The Labute approximate surface area is 192 Å². The molecule has 1 heterocycles. The summed E-state index contributed by atoms with van der Waals surface area (Å²) < 4.78 is 18.2. The average Bonchev–Trinajstić information content (AvgIpc) is 3.10. The molecule has 2 saturated carbocycles. The van der Waals surface area contributed by atoms with Gasteiger partial charge in [0.15, 0.2) is 0 Å². The number of esters is 1. The van der Waals surface area contributed by atoms with Gasteiger partial charge in [-0.2, -0.15) is 0 Å². The summed E-state index contributed by atoms with van der Waals surface area (Å²) in [6, 6.07) is 0. The van der Waals surface area contributed by atoms with Crippen LogP contribution in [-0.2, 0) is 23.8 Å². The van der Waals surface area contributed by atoms with Crippen LogP contribution in [0.4, 0.5) is 0 Å². The number of aliphatic hydroxyl groups excluding tert-OH is 1. The third kappa shape index (κ3) is 4.19. The van der Waals surface area contributed by atoms with E-state index in [4.69, 9.17) is 14.2 Å². The predicted molar refractivity (Wildman–Crippen MR) is 120 cm³/mol. The van der Waals surface area contributed by atoms with E-state index in [1.807, 2.05) is 6.92 Å². The van der Waals surface area contributed by atoms with Crippen LogP contribution in [0.15, 0.2) is 11.6 Å². The van der Waals surface area contributed by atoms with Crippen molar-refractivity contribution in [2.24, 2.45) is 22.7 Å². The van der Waals surface area contributed by atoms with E-state index in [-0.39, 0.29) is 41.0 Å². The zero-order valence-electron chi connectivity index (χ0n) is 19.9. The molecule has 6 nitrogen and oxygen atoms in total. The maximum absolute atomic E-state index is 12.0. The van der Waals surface area contributed by atoms with E-state index in [2.05, 4.69) is 19.9 Å². The van der Waals surface area contributed by atoms with Crippen molar-refractivity contribution in [1.29, 1.82) is 0 Å². The normalized spacial score (nSPS) is 42.9. The van der Waals surface area contributed by atoms with Crippen molar-refractivity contribution < 1.29 is 28.9 Å². The molecule has 0 amide bonds. The monoisotopic (exact) mass is 448 g/mol. The number of fused-ring (bicyclic) bond motifs is 5. The van der Waals surface area contributed by atoms with Crippen molar-refractivity contribution in [3.63, 3.8) is 0 Å². The van der Waals surface area contributed by atoms with Gasteiger partial charge in [0.25, 0.3) is 0 Å². The van der Waals surface area contributed by atoms with Crippen LogP contribution in [0.3, 0.4) is 0 Å². The second kappa shape index (κ2) is 9.55.